The third kappa shape index (κ3) is 5.00. The Balaban J connectivity index is 2.95. The molecule has 5 nitrogen and oxygen atoms in total. The Kier molecular flexibility index (Phi) is 6.84. The van der Waals surface area contributed by atoms with E-state index in [4.69, 9.17) is 10.5 Å². The number of ether oxygens (including phenoxy) is 1. The summed E-state index contributed by atoms with van der Waals surface area (Å²) in [6.45, 7) is 9.98. The van der Waals surface area contributed by atoms with Crippen LogP contribution in [0.5, 0.6) is 5.75 Å². The number of carbonyl (C=O) groups excluding carboxylic acids is 1. The molecular weight excluding hydrogens is 278 g/mol. The number of amides is 1. The molecule has 0 heterocycles. The van der Waals surface area contributed by atoms with Crippen molar-refractivity contribution in [3.63, 3.8) is 0 Å². The maximum atomic E-state index is 12.0. The van der Waals surface area contributed by atoms with Crippen molar-refractivity contribution in [1.29, 1.82) is 0 Å². The van der Waals surface area contributed by atoms with Crippen LogP contribution < -0.4 is 15.8 Å². The van der Waals surface area contributed by atoms with Crippen LogP contribution in [0.25, 0.3) is 0 Å². The van der Waals surface area contributed by atoms with Crippen LogP contribution in [0.2, 0.25) is 0 Å². The number of methoxy groups -OCH3 is 1. The molecule has 22 heavy (non-hydrogen) atoms. The first-order valence-electron chi connectivity index (χ1n) is 7.78. The first-order valence-corrected chi connectivity index (χ1v) is 7.78. The number of likely N-dealkylation sites (N-methyl/N-ethyl adjacent to an activating group) is 1. The van der Waals surface area contributed by atoms with Crippen molar-refractivity contribution in [2.24, 2.45) is 5.73 Å². The van der Waals surface area contributed by atoms with Crippen molar-refractivity contribution < 1.29 is 9.53 Å². The Morgan fingerprint density at radius 1 is 1.36 bits per heavy atom. The maximum absolute atomic E-state index is 12.0. The van der Waals surface area contributed by atoms with Crippen LogP contribution in [-0.2, 0) is 4.79 Å². The van der Waals surface area contributed by atoms with E-state index in [9.17, 15) is 4.79 Å². The van der Waals surface area contributed by atoms with Crippen LogP contribution in [-0.4, -0.2) is 43.1 Å². The van der Waals surface area contributed by atoms with E-state index in [2.05, 4.69) is 30.1 Å². The number of hydrogen-bond acceptors (Lipinski definition) is 4. The highest BCUT2D eigenvalue weighted by atomic mass is 16.5. The third-order valence-corrected chi connectivity index (χ3v) is 3.77. The van der Waals surface area contributed by atoms with E-state index in [1.165, 1.54) is 0 Å². The molecule has 0 aromatic heterocycles. The van der Waals surface area contributed by atoms with Crippen LogP contribution in [0.4, 0.5) is 0 Å². The highest BCUT2D eigenvalue weighted by Gasteiger charge is 2.24. The maximum Gasteiger partial charge on any atom is 0.239 e. The van der Waals surface area contributed by atoms with Gasteiger partial charge in [0, 0.05) is 6.54 Å². The summed E-state index contributed by atoms with van der Waals surface area (Å²) in [6, 6.07) is 8.06. The second-order valence-electron chi connectivity index (χ2n) is 5.95. The van der Waals surface area contributed by atoms with Gasteiger partial charge >= 0.3 is 0 Å². The molecule has 0 fully saturated rings. The highest BCUT2D eigenvalue weighted by Crippen LogP contribution is 2.23. The van der Waals surface area contributed by atoms with Gasteiger partial charge in [-0.15, -0.1) is 0 Å². The summed E-state index contributed by atoms with van der Waals surface area (Å²) in [4.78, 5) is 14.3. The summed E-state index contributed by atoms with van der Waals surface area (Å²) in [7, 11) is 1.66. The third-order valence-electron chi connectivity index (χ3n) is 3.77. The van der Waals surface area contributed by atoms with E-state index in [-0.39, 0.29) is 11.9 Å². The van der Waals surface area contributed by atoms with Gasteiger partial charge < -0.3 is 15.8 Å². The first-order chi connectivity index (χ1) is 10.3. The molecule has 0 radical (unpaired) electrons. The van der Waals surface area contributed by atoms with Gasteiger partial charge in [0.1, 0.15) is 5.75 Å². The van der Waals surface area contributed by atoms with Crippen molar-refractivity contribution in [2.75, 3.05) is 26.7 Å². The molecule has 1 rings (SSSR count). The second kappa shape index (κ2) is 8.15. The highest BCUT2D eigenvalue weighted by molar-refractivity contribution is 5.85. The normalized spacial score (nSPS) is 13.0. The molecule has 124 valence electrons. The summed E-state index contributed by atoms with van der Waals surface area (Å²) in [5.74, 6) is 0.674. The van der Waals surface area contributed by atoms with Gasteiger partial charge in [0.05, 0.1) is 18.7 Å². The van der Waals surface area contributed by atoms with E-state index >= 15 is 0 Å². The van der Waals surface area contributed by atoms with Gasteiger partial charge in [-0.05, 0) is 44.6 Å². The Hall–Kier alpha value is -1.59. The molecule has 1 unspecified atom stereocenters. The zero-order chi connectivity index (χ0) is 16.8. The number of benzene rings is 1. The summed E-state index contributed by atoms with van der Waals surface area (Å²) in [5.41, 5.74) is 6.10. The Morgan fingerprint density at radius 2 is 2.00 bits per heavy atom. The summed E-state index contributed by atoms with van der Waals surface area (Å²) >= 11 is 0. The summed E-state index contributed by atoms with van der Waals surface area (Å²) in [6.07, 6.45) is 0. The van der Waals surface area contributed by atoms with Crippen LogP contribution in [0.1, 0.15) is 39.3 Å². The molecule has 1 amide bonds. The number of nitrogens with one attached hydrogen (secondary N) is 1. The lowest BCUT2D eigenvalue weighted by Gasteiger charge is -2.31. The van der Waals surface area contributed by atoms with Crippen molar-refractivity contribution in [3.8, 4) is 5.75 Å². The minimum atomic E-state index is -0.873. The van der Waals surface area contributed by atoms with Crippen LogP contribution in [0, 0.1) is 0 Å². The molecular formula is C17H29N3O2. The van der Waals surface area contributed by atoms with E-state index < -0.39 is 5.54 Å². The Bertz CT molecular complexity index is 479. The Morgan fingerprint density at radius 3 is 2.50 bits per heavy atom. The number of rotatable bonds is 8. The molecule has 3 N–H and O–H groups in total. The smallest absolute Gasteiger partial charge is 0.239 e. The summed E-state index contributed by atoms with van der Waals surface area (Å²) < 4.78 is 5.31. The largest absolute Gasteiger partial charge is 0.497 e. The molecule has 1 atom stereocenters. The van der Waals surface area contributed by atoms with Gasteiger partial charge in [-0.2, -0.15) is 0 Å². The quantitative estimate of drug-likeness (QED) is 0.770. The fraction of sp³-hybridized carbons (Fsp3) is 0.588. The lowest BCUT2D eigenvalue weighted by molar-refractivity contribution is -0.125. The van der Waals surface area contributed by atoms with Gasteiger partial charge in [-0.25, -0.2) is 0 Å². The van der Waals surface area contributed by atoms with Gasteiger partial charge in [-0.1, -0.05) is 26.0 Å². The lowest BCUT2D eigenvalue weighted by atomic mass is 10.0. The van der Waals surface area contributed by atoms with E-state index in [1.54, 1.807) is 21.0 Å². The molecule has 5 heteroatoms. The van der Waals surface area contributed by atoms with Crippen LogP contribution in [0.15, 0.2) is 24.3 Å². The van der Waals surface area contributed by atoms with Crippen molar-refractivity contribution >= 4 is 5.91 Å². The second-order valence-corrected chi connectivity index (χ2v) is 5.95. The molecule has 0 saturated carbocycles. The van der Waals surface area contributed by atoms with E-state index in [0.29, 0.717) is 6.54 Å². The van der Waals surface area contributed by atoms with Gasteiger partial charge in [0.2, 0.25) is 5.91 Å². The Labute approximate surface area is 133 Å². The standard InChI is InChI=1S/C17H29N3O2/c1-6-20(7-2)15(12-19-16(21)17(3,4)18)13-9-8-10-14(11-13)22-5/h8-11,15H,6-7,12,18H2,1-5H3,(H,19,21). The zero-order valence-electron chi connectivity index (χ0n) is 14.3. The zero-order valence-corrected chi connectivity index (χ0v) is 14.3. The van der Waals surface area contributed by atoms with E-state index in [1.807, 2.05) is 18.2 Å². The molecule has 0 aliphatic heterocycles. The lowest BCUT2D eigenvalue weighted by Crippen LogP contribution is -2.51. The van der Waals surface area contributed by atoms with Crippen LogP contribution >= 0.6 is 0 Å². The topological polar surface area (TPSA) is 67.6 Å². The molecule has 0 aliphatic carbocycles. The summed E-state index contributed by atoms with van der Waals surface area (Å²) in [5, 5.41) is 2.96. The molecule has 0 aliphatic rings. The number of nitrogens with zero attached hydrogens (tertiary/aromatic N) is 1. The van der Waals surface area contributed by atoms with Crippen molar-refractivity contribution in [1.82, 2.24) is 10.2 Å². The molecule has 0 bridgehead atoms. The minimum Gasteiger partial charge on any atom is -0.497 e. The fourth-order valence-corrected chi connectivity index (χ4v) is 2.39. The van der Waals surface area contributed by atoms with E-state index in [0.717, 1.165) is 24.4 Å². The van der Waals surface area contributed by atoms with Gasteiger partial charge in [0.15, 0.2) is 0 Å². The monoisotopic (exact) mass is 307 g/mol. The number of hydrogen-bond donors (Lipinski definition) is 2. The van der Waals surface area contributed by atoms with Crippen molar-refractivity contribution in [2.45, 2.75) is 39.3 Å². The average Bonchev–Trinajstić information content (AvgIpc) is 2.50. The molecule has 1 aromatic rings. The predicted octanol–water partition coefficient (Wildman–Crippen LogP) is 1.93. The number of carbonyl (C=O) groups is 1. The fourth-order valence-electron chi connectivity index (χ4n) is 2.39. The van der Waals surface area contributed by atoms with Crippen LogP contribution in [0.3, 0.4) is 0 Å². The SMILES string of the molecule is CCN(CC)C(CNC(=O)C(C)(C)N)c1cccc(OC)c1. The van der Waals surface area contributed by atoms with Gasteiger partial charge in [-0.3, -0.25) is 9.69 Å². The average molecular weight is 307 g/mol. The molecule has 0 saturated heterocycles. The number of nitrogens with two attached hydrogens (primary N) is 1. The van der Waals surface area contributed by atoms with Gasteiger partial charge in [0.25, 0.3) is 0 Å². The predicted molar refractivity (Wildman–Crippen MR) is 89.9 cm³/mol. The molecule has 1 aromatic carbocycles. The van der Waals surface area contributed by atoms with Crippen molar-refractivity contribution in [3.05, 3.63) is 29.8 Å². The molecule has 0 spiro atoms. The minimum absolute atomic E-state index is 0.0939. The first kappa shape index (κ1) is 18.5.